The fourth-order valence-electron chi connectivity index (χ4n) is 4.28. The molecule has 2 aliphatic heterocycles. The summed E-state index contributed by atoms with van der Waals surface area (Å²) < 4.78 is 27.9. The Hall–Kier alpha value is -3.55. The average Bonchev–Trinajstić information content (AvgIpc) is 3.25. The Morgan fingerprint density at radius 1 is 1.12 bits per heavy atom. The van der Waals surface area contributed by atoms with E-state index in [1.165, 1.54) is 28.5 Å². The third-order valence-corrected chi connectivity index (χ3v) is 6.14. The minimum atomic E-state index is -0.972. The molecular formula is C26H28F2N4O2. The van der Waals surface area contributed by atoms with Gasteiger partial charge in [0.2, 0.25) is 0 Å². The number of hydrogen-bond acceptors (Lipinski definition) is 4. The highest BCUT2D eigenvalue weighted by Crippen LogP contribution is 2.29. The minimum absolute atomic E-state index is 0.0310. The summed E-state index contributed by atoms with van der Waals surface area (Å²) in [6, 6.07) is 6.55. The summed E-state index contributed by atoms with van der Waals surface area (Å²) in [6.07, 6.45) is 14.7. The first-order chi connectivity index (χ1) is 16.5. The number of dihydropyridines is 1. The van der Waals surface area contributed by atoms with Crippen LogP contribution >= 0.6 is 0 Å². The van der Waals surface area contributed by atoms with Gasteiger partial charge in [-0.05, 0) is 66.9 Å². The topological polar surface area (TPSA) is 75.5 Å². The molecule has 178 valence electrons. The molecule has 6 nitrogen and oxygen atoms in total. The number of halogens is 2. The number of rotatable bonds is 10. The highest BCUT2D eigenvalue weighted by atomic mass is 19.2. The van der Waals surface area contributed by atoms with Crippen molar-refractivity contribution >= 4 is 12.1 Å². The molecule has 0 aliphatic carbocycles. The number of nitrogens with zero attached hydrogens (tertiary/aromatic N) is 2. The molecule has 2 unspecified atom stereocenters. The van der Waals surface area contributed by atoms with E-state index in [2.05, 4.69) is 27.9 Å². The SMILES string of the molecule is O=C(NCCCCCCC1=CNC2N=CC=CC12)c1cccn(Cc2ccc(F)c(F)c2)c1=O. The number of unbranched alkanes of at least 4 members (excludes halogenated alkanes) is 3. The molecule has 1 aromatic heterocycles. The molecule has 2 aromatic rings. The van der Waals surface area contributed by atoms with Crippen molar-refractivity contribution < 1.29 is 13.6 Å². The molecule has 8 heteroatoms. The van der Waals surface area contributed by atoms with Crippen LogP contribution in [0, 0.1) is 17.6 Å². The number of hydrogen-bond donors (Lipinski definition) is 2. The Morgan fingerprint density at radius 2 is 1.97 bits per heavy atom. The summed E-state index contributed by atoms with van der Waals surface area (Å²) in [6.45, 7) is 0.537. The number of pyridine rings is 1. The van der Waals surface area contributed by atoms with Crippen LogP contribution in [0.5, 0.6) is 0 Å². The summed E-state index contributed by atoms with van der Waals surface area (Å²) in [5, 5.41) is 6.12. The lowest BCUT2D eigenvalue weighted by Gasteiger charge is -2.18. The molecule has 0 spiro atoms. The van der Waals surface area contributed by atoms with E-state index in [1.54, 1.807) is 6.07 Å². The monoisotopic (exact) mass is 466 g/mol. The predicted octanol–water partition coefficient (Wildman–Crippen LogP) is 3.93. The molecule has 0 radical (unpaired) electrons. The van der Waals surface area contributed by atoms with Gasteiger partial charge in [0.25, 0.3) is 11.5 Å². The predicted molar refractivity (Wildman–Crippen MR) is 128 cm³/mol. The van der Waals surface area contributed by atoms with Crippen LogP contribution in [0.1, 0.15) is 48.0 Å². The fourth-order valence-corrected chi connectivity index (χ4v) is 4.28. The van der Waals surface area contributed by atoms with E-state index in [1.807, 2.05) is 12.3 Å². The smallest absolute Gasteiger partial charge is 0.263 e. The molecule has 1 aromatic carbocycles. The van der Waals surface area contributed by atoms with Crippen molar-refractivity contribution in [2.45, 2.75) is 44.8 Å². The van der Waals surface area contributed by atoms with Crippen molar-refractivity contribution in [1.82, 2.24) is 15.2 Å². The van der Waals surface area contributed by atoms with Crippen molar-refractivity contribution in [2.75, 3.05) is 6.54 Å². The molecule has 2 atom stereocenters. The van der Waals surface area contributed by atoms with Gasteiger partial charge < -0.3 is 15.2 Å². The molecule has 2 N–H and O–H groups in total. The van der Waals surface area contributed by atoms with Gasteiger partial charge in [-0.1, -0.05) is 25.0 Å². The second-order valence-corrected chi connectivity index (χ2v) is 8.56. The Morgan fingerprint density at radius 3 is 2.82 bits per heavy atom. The van der Waals surface area contributed by atoms with Crippen LogP contribution < -0.4 is 16.2 Å². The number of aromatic nitrogens is 1. The first-order valence-corrected chi connectivity index (χ1v) is 11.6. The first-order valence-electron chi connectivity index (χ1n) is 11.6. The van der Waals surface area contributed by atoms with E-state index >= 15 is 0 Å². The van der Waals surface area contributed by atoms with Crippen LogP contribution in [0.4, 0.5) is 8.78 Å². The maximum absolute atomic E-state index is 13.4. The van der Waals surface area contributed by atoms with E-state index in [0.29, 0.717) is 18.0 Å². The Kier molecular flexibility index (Phi) is 7.67. The second-order valence-electron chi connectivity index (χ2n) is 8.56. The van der Waals surface area contributed by atoms with Crippen LogP contribution in [0.25, 0.3) is 0 Å². The van der Waals surface area contributed by atoms with Crippen molar-refractivity contribution in [1.29, 1.82) is 0 Å². The largest absolute Gasteiger partial charge is 0.369 e. The average molecular weight is 467 g/mol. The summed E-state index contributed by atoms with van der Waals surface area (Å²) in [7, 11) is 0. The van der Waals surface area contributed by atoms with E-state index < -0.39 is 23.1 Å². The summed E-state index contributed by atoms with van der Waals surface area (Å²) in [4.78, 5) is 29.6. The van der Waals surface area contributed by atoms with E-state index in [0.717, 1.165) is 44.2 Å². The van der Waals surface area contributed by atoms with Crippen LogP contribution in [0.2, 0.25) is 0 Å². The molecular weight excluding hydrogens is 438 g/mol. The number of carbonyl (C=O) groups is 1. The maximum Gasteiger partial charge on any atom is 0.263 e. The third kappa shape index (κ3) is 5.68. The van der Waals surface area contributed by atoms with Gasteiger partial charge >= 0.3 is 0 Å². The Labute approximate surface area is 197 Å². The number of amides is 1. The molecule has 0 saturated heterocycles. The molecule has 0 saturated carbocycles. The van der Waals surface area contributed by atoms with Gasteiger partial charge in [0.05, 0.1) is 6.54 Å². The van der Waals surface area contributed by atoms with Gasteiger partial charge in [-0.15, -0.1) is 0 Å². The normalized spacial score (nSPS) is 18.4. The van der Waals surface area contributed by atoms with Crippen molar-refractivity contribution in [3.05, 3.63) is 93.6 Å². The molecule has 0 fully saturated rings. The zero-order valence-electron chi connectivity index (χ0n) is 18.8. The lowest BCUT2D eigenvalue weighted by molar-refractivity contribution is 0.0951. The number of aliphatic imine (C=N–C) groups is 1. The quantitative estimate of drug-likeness (QED) is 0.521. The van der Waals surface area contributed by atoms with Gasteiger partial charge in [-0.3, -0.25) is 14.6 Å². The highest BCUT2D eigenvalue weighted by molar-refractivity contribution is 5.93. The van der Waals surface area contributed by atoms with Crippen molar-refractivity contribution in [2.24, 2.45) is 10.9 Å². The molecule has 2 aliphatic rings. The zero-order chi connectivity index (χ0) is 23.9. The van der Waals surface area contributed by atoms with E-state index in [9.17, 15) is 18.4 Å². The number of carbonyl (C=O) groups excluding carboxylic acids is 1. The minimum Gasteiger partial charge on any atom is -0.369 e. The van der Waals surface area contributed by atoms with Crippen LogP contribution in [0.3, 0.4) is 0 Å². The molecule has 3 heterocycles. The standard InChI is InChI=1S/C26H28F2N4O2/c27-22-11-10-18(15-23(22)28)17-32-14-6-9-21(26(32)34)25(33)30-12-4-2-1-3-7-19-16-31-24-20(19)8-5-13-29-24/h5-6,8-11,13-16,20,24,31H,1-4,7,12,17H2,(H,30,33). The lowest BCUT2D eigenvalue weighted by Crippen LogP contribution is -2.33. The third-order valence-electron chi connectivity index (χ3n) is 6.14. The Balaban J connectivity index is 1.19. The van der Waals surface area contributed by atoms with Crippen molar-refractivity contribution in [3.63, 3.8) is 0 Å². The molecule has 1 amide bonds. The van der Waals surface area contributed by atoms with E-state index in [4.69, 9.17) is 0 Å². The maximum atomic E-state index is 13.4. The number of benzene rings is 1. The van der Waals surface area contributed by atoms with Gasteiger partial charge in [-0.25, -0.2) is 8.78 Å². The van der Waals surface area contributed by atoms with Gasteiger partial charge in [0.1, 0.15) is 11.7 Å². The molecule has 0 bridgehead atoms. The van der Waals surface area contributed by atoms with Gasteiger partial charge in [-0.2, -0.15) is 0 Å². The summed E-state index contributed by atoms with van der Waals surface area (Å²) in [5.41, 5.74) is 1.38. The van der Waals surface area contributed by atoms with E-state index in [-0.39, 0.29) is 18.3 Å². The fraction of sp³-hybridized carbons (Fsp3) is 0.346. The van der Waals surface area contributed by atoms with Crippen molar-refractivity contribution in [3.8, 4) is 0 Å². The summed E-state index contributed by atoms with van der Waals surface area (Å²) in [5.74, 6) is -1.98. The lowest BCUT2D eigenvalue weighted by atomic mass is 9.93. The second kappa shape index (κ2) is 11.0. The van der Waals surface area contributed by atoms with Crippen LogP contribution in [-0.4, -0.2) is 29.4 Å². The molecule has 34 heavy (non-hydrogen) atoms. The first kappa shape index (κ1) is 23.6. The van der Waals surface area contributed by atoms with Crippen LogP contribution in [0.15, 0.2) is 70.2 Å². The number of nitrogens with one attached hydrogen (secondary N) is 2. The van der Waals surface area contributed by atoms with Gasteiger partial charge in [0.15, 0.2) is 11.6 Å². The summed E-state index contributed by atoms with van der Waals surface area (Å²) >= 11 is 0. The number of allylic oxidation sites excluding steroid dienone is 1. The number of fused-ring (bicyclic) bond motifs is 1. The zero-order valence-corrected chi connectivity index (χ0v) is 18.8. The van der Waals surface area contributed by atoms with Crippen LogP contribution in [-0.2, 0) is 6.54 Å². The Bertz CT molecular complexity index is 1190. The molecule has 4 rings (SSSR count). The highest BCUT2D eigenvalue weighted by Gasteiger charge is 2.27. The van der Waals surface area contributed by atoms with Gasteiger partial charge in [0, 0.05) is 24.9 Å².